The van der Waals surface area contributed by atoms with E-state index in [1.54, 1.807) is 0 Å². The van der Waals surface area contributed by atoms with Crippen molar-refractivity contribution in [2.45, 2.75) is 25.3 Å². The number of likely N-dealkylation sites (tertiary alicyclic amines) is 1. The van der Waals surface area contributed by atoms with Crippen LogP contribution in [0.15, 0.2) is 0 Å². The van der Waals surface area contributed by atoms with Crippen molar-refractivity contribution in [2.75, 3.05) is 46.9 Å². The third kappa shape index (κ3) is 3.06. The molecule has 2 aliphatic rings. The molecule has 0 aromatic heterocycles. The van der Waals surface area contributed by atoms with Gasteiger partial charge in [0, 0.05) is 25.7 Å². The summed E-state index contributed by atoms with van der Waals surface area (Å²) in [6.45, 7) is 4.49. The molecule has 0 amide bonds. The Morgan fingerprint density at radius 3 is 3.00 bits per heavy atom. The molecule has 17 heavy (non-hydrogen) atoms. The molecule has 0 radical (unpaired) electrons. The lowest BCUT2D eigenvalue weighted by Crippen LogP contribution is -2.49. The van der Waals surface area contributed by atoms with Gasteiger partial charge in [0.05, 0.1) is 12.0 Å². The van der Waals surface area contributed by atoms with E-state index in [-0.39, 0.29) is 5.41 Å². The summed E-state index contributed by atoms with van der Waals surface area (Å²) >= 11 is 0. The van der Waals surface area contributed by atoms with Crippen LogP contribution < -0.4 is 0 Å². The molecule has 0 aliphatic carbocycles. The number of carbonyl (C=O) groups is 1. The van der Waals surface area contributed by atoms with Crippen molar-refractivity contribution in [3.8, 4) is 0 Å². The van der Waals surface area contributed by atoms with Gasteiger partial charge in [-0.1, -0.05) is 0 Å². The first-order valence-corrected chi connectivity index (χ1v) is 6.58. The predicted molar refractivity (Wildman–Crippen MR) is 67.1 cm³/mol. The minimum Gasteiger partial charge on any atom is -0.380 e. The van der Waals surface area contributed by atoms with Crippen LogP contribution in [0.25, 0.3) is 0 Å². The molecule has 2 fully saturated rings. The summed E-state index contributed by atoms with van der Waals surface area (Å²) < 4.78 is 5.39. The van der Waals surface area contributed by atoms with Crippen LogP contribution in [0, 0.1) is 5.41 Å². The van der Waals surface area contributed by atoms with E-state index in [0.717, 1.165) is 32.4 Å². The maximum atomic E-state index is 11.3. The number of carbonyl (C=O) groups excluding carboxylic acids is 1. The largest absolute Gasteiger partial charge is 0.380 e. The van der Waals surface area contributed by atoms with Crippen LogP contribution in [0.2, 0.25) is 0 Å². The molecule has 2 rings (SSSR count). The Labute approximate surface area is 104 Å². The topological polar surface area (TPSA) is 32.8 Å². The van der Waals surface area contributed by atoms with E-state index < -0.39 is 0 Å². The number of ether oxygens (including phenoxy) is 1. The molecular weight excluding hydrogens is 216 g/mol. The number of aldehydes is 1. The van der Waals surface area contributed by atoms with Gasteiger partial charge in [0.2, 0.25) is 0 Å². The molecular formula is C13H24N2O2. The summed E-state index contributed by atoms with van der Waals surface area (Å²) in [7, 11) is 4.32. The predicted octanol–water partition coefficient (Wildman–Crippen LogP) is 0.618. The highest BCUT2D eigenvalue weighted by Crippen LogP contribution is 2.28. The average Bonchev–Trinajstić information content (AvgIpc) is 2.78. The molecule has 98 valence electrons. The molecule has 0 bridgehead atoms. The van der Waals surface area contributed by atoms with E-state index in [1.165, 1.54) is 19.4 Å². The van der Waals surface area contributed by atoms with Gasteiger partial charge in [-0.2, -0.15) is 0 Å². The highest BCUT2D eigenvalue weighted by Gasteiger charge is 2.37. The molecule has 0 aromatic carbocycles. The van der Waals surface area contributed by atoms with Crippen LogP contribution in [-0.4, -0.2) is 69.1 Å². The summed E-state index contributed by atoms with van der Waals surface area (Å²) in [5.41, 5.74) is -0.245. The first-order valence-electron chi connectivity index (χ1n) is 6.58. The van der Waals surface area contributed by atoms with E-state index in [2.05, 4.69) is 23.9 Å². The number of hydrogen-bond donors (Lipinski definition) is 0. The quantitative estimate of drug-likeness (QED) is 0.674. The Kier molecular flexibility index (Phi) is 4.17. The van der Waals surface area contributed by atoms with Crippen molar-refractivity contribution in [3.63, 3.8) is 0 Å². The lowest BCUT2D eigenvalue weighted by atomic mass is 9.88. The summed E-state index contributed by atoms with van der Waals surface area (Å²) in [6.07, 6.45) is 4.50. The summed E-state index contributed by atoms with van der Waals surface area (Å²) in [5.74, 6) is 0. The Bertz CT molecular complexity index is 264. The Hall–Kier alpha value is -0.450. The number of nitrogens with zero attached hydrogens (tertiary/aromatic N) is 2. The second-order valence-corrected chi connectivity index (χ2v) is 5.76. The summed E-state index contributed by atoms with van der Waals surface area (Å²) in [6, 6.07) is 0.589. The molecule has 0 aromatic rings. The Morgan fingerprint density at radius 2 is 2.41 bits per heavy atom. The van der Waals surface area contributed by atoms with E-state index in [1.807, 2.05) is 0 Å². The third-order valence-electron chi connectivity index (χ3n) is 4.17. The SMILES string of the molecule is CN1CCCC(N(C)CC2(C=O)CCOC2)C1. The number of likely N-dealkylation sites (N-methyl/N-ethyl adjacent to an activating group) is 2. The standard InChI is InChI=1S/C13H24N2O2/c1-14-6-3-4-12(8-14)15(2)9-13(10-16)5-7-17-11-13/h10,12H,3-9,11H2,1-2H3. The van der Waals surface area contributed by atoms with Gasteiger partial charge in [-0.15, -0.1) is 0 Å². The fourth-order valence-corrected chi connectivity index (χ4v) is 3.00. The van der Waals surface area contributed by atoms with Gasteiger partial charge >= 0.3 is 0 Å². The van der Waals surface area contributed by atoms with Gasteiger partial charge in [0.25, 0.3) is 0 Å². The van der Waals surface area contributed by atoms with E-state index >= 15 is 0 Å². The highest BCUT2D eigenvalue weighted by atomic mass is 16.5. The van der Waals surface area contributed by atoms with E-state index in [9.17, 15) is 4.79 Å². The molecule has 2 atom stereocenters. The van der Waals surface area contributed by atoms with Crippen LogP contribution in [-0.2, 0) is 9.53 Å². The van der Waals surface area contributed by atoms with Gasteiger partial charge in [0.15, 0.2) is 0 Å². The first-order chi connectivity index (χ1) is 8.15. The minimum atomic E-state index is -0.245. The number of rotatable bonds is 4. The van der Waals surface area contributed by atoms with Gasteiger partial charge in [0.1, 0.15) is 6.29 Å². The highest BCUT2D eigenvalue weighted by molar-refractivity contribution is 5.60. The van der Waals surface area contributed by atoms with Crippen LogP contribution in [0.1, 0.15) is 19.3 Å². The maximum absolute atomic E-state index is 11.3. The summed E-state index contributed by atoms with van der Waals surface area (Å²) in [5, 5.41) is 0. The molecule has 2 heterocycles. The molecule has 2 aliphatic heterocycles. The van der Waals surface area contributed by atoms with Crippen molar-refractivity contribution in [1.29, 1.82) is 0 Å². The molecule has 0 saturated carbocycles. The van der Waals surface area contributed by atoms with Crippen LogP contribution in [0.3, 0.4) is 0 Å². The second kappa shape index (κ2) is 5.46. The van der Waals surface area contributed by atoms with Gasteiger partial charge in [-0.05, 0) is 39.9 Å². The van der Waals surface area contributed by atoms with Crippen molar-refractivity contribution < 1.29 is 9.53 Å². The molecule has 0 N–H and O–H groups in total. The fraction of sp³-hybridized carbons (Fsp3) is 0.923. The smallest absolute Gasteiger partial charge is 0.129 e. The minimum absolute atomic E-state index is 0.245. The van der Waals surface area contributed by atoms with Crippen molar-refractivity contribution in [1.82, 2.24) is 9.80 Å². The van der Waals surface area contributed by atoms with Crippen molar-refractivity contribution >= 4 is 6.29 Å². The molecule has 4 nitrogen and oxygen atoms in total. The summed E-state index contributed by atoms with van der Waals surface area (Å²) in [4.78, 5) is 16.0. The normalized spacial score (nSPS) is 35.4. The van der Waals surface area contributed by atoms with Crippen LogP contribution >= 0.6 is 0 Å². The van der Waals surface area contributed by atoms with Gasteiger partial charge in [-0.3, -0.25) is 0 Å². The number of hydrogen-bond acceptors (Lipinski definition) is 4. The maximum Gasteiger partial charge on any atom is 0.129 e. The second-order valence-electron chi connectivity index (χ2n) is 5.76. The van der Waals surface area contributed by atoms with E-state index in [4.69, 9.17) is 4.74 Å². The zero-order chi connectivity index (χ0) is 12.3. The zero-order valence-corrected chi connectivity index (χ0v) is 11.0. The van der Waals surface area contributed by atoms with Crippen LogP contribution in [0.4, 0.5) is 0 Å². The Morgan fingerprint density at radius 1 is 1.59 bits per heavy atom. The zero-order valence-electron chi connectivity index (χ0n) is 11.0. The van der Waals surface area contributed by atoms with Gasteiger partial charge < -0.3 is 19.3 Å². The van der Waals surface area contributed by atoms with Crippen molar-refractivity contribution in [2.24, 2.45) is 5.41 Å². The van der Waals surface area contributed by atoms with Gasteiger partial charge in [-0.25, -0.2) is 0 Å². The molecule has 4 heteroatoms. The molecule has 2 saturated heterocycles. The number of piperidine rings is 1. The monoisotopic (exact) mass is 240 g/mol. The molecule has 2 unspecified atom stereocenters. The first kappa shape index (κ1) is 13.0. The Balaban J connectivity index is 1.90. The fourth-order valence-electron chi connectivity index (χ4n) is 3.00. The molecule has 0 spiro atoms. The lowest BCUT2D eigenvalue weighted by Gasteiger charge is -2.38. The average molecular weight is 240 g/mol. The van der Waals surface area contributed by atoms with Crippen molar-refractivity contribution in [3.05, 3.63) is 0 Å². The lowest BCUT2D eigenvalue weighted by molar-refractivity contribution is -0.117. The van der Waals surface area contributed by atoms with E-state index in [0.29, 0.717) is 12.6 Å². The van der Waals surface area contributed by atoms with Crippen LogP contribution in [0.5, 0.6) is 0 Å². The third-order valence-corrected chi connectivity index (χ3v) is 4.17.